The molecular formula is C20H24ClN5O3. The van der Waals surface area contributed by atoms with Crippen LogP contribution < -0.4 is 20.5 Å². The molecule has 0 aliphatic rings. The molecule has 0 atom stereocenters. The van der Waals surface area contributed by atoms with Crippen molar-refractivity contribution in [2.75, 3.05) is 45.5 Å². The van der Waals surface area contributed by atoms with Crippen LogP contribution in [-0.2, 0) is 11.2 Å². The predicted octanol–water partition coefficient (Wildman–Crippen LogP) is 3.57. The molecule has 3 N–H and O–H groups in total. The second kappa shape index (κ2) is 9.11. The van der Waals surface area contributed by atoms with Crippen LogP contribution in [-0.4, -0.2) is 49.4 Å². The number of fused-ring (bicyclic) bond motifs is 1. The van der Waals surface area contributed by atoms with Gasteiger partial charge in [0.1, 0.15) is 23.1 Å². The molecule has 0 saturated carbocycles. The van der Waals surface area contributed by atoms with E-state index >= 15 is 0 Å². The highest BCUT2D eigenvalue weighted by Crippen LogP contribution is 2.43. The van der Waals surface area contributed by atoms with Crippen LogP contribution in [0.15, 0.2) is 18.3 Å². The molecule has 9 heteroatoms. The Morgan fingerprint density at radius 1 is 1.10 bits per heavy atom. The van der Waals surface area contributed by atoms with E-state index in [4.69, 9.17) is 41.5 Å². The van der Waals surface area contributed by atoms with Crippen LogP contribution in [0.25, 0.3) is 22.3 Å². The van der Waals surface area contributed by atoms with Crippen molar-refractivity contribution < 1.29 is 14.2 Å². The molecule has 0 aliphatic carbocycles. The third-order valence-electron chi connectivity index (χ3n) is 4.52. The van der Waals surface area contributed by atoms with E-state index in [0.29, 0.717) is 64.6 Å². The zero-order chi connectivity index (χ0) is 21.0. The first-order valence-corrected chi connectivity index (χ1v) is 9.51. The number of hydrogen-bond acceptors (Lipinski definition) is 8. The zero-order valence-corrected chi connectivity index (χ0v) is 17.6. The van der Waals surface area contributed by atoms with Crippen LogP contribution >= 0.6 is 11.6 Å². The van der Waals surface area contributed by atoms with E-state index in [-0.39, 0.29) is 0 Å². The number of nitrogens with two attached hydrogens (primary N) is 1. The third kappa shape index (κ3) is 4.13. The molecule has 0 radical (unpaired) electrons. The summed E-state index contributed by atoms with van der Waals surface area (Å²) in [5.74, 6) is 2.61. The molecule has 0 fully saturated rings. The molecular weight excluding hydrogens is 394 g/mol. The van der Waals surface area contributed by atoms with Gasteiger partial charge < -0.3 is 25.3 Å². The number of ether oxygens (including phenoxy) is 3. The van der Waals surface area contributed by atoms with E-state index in [1.165, 1.54) is 0 Å². The van der Waals surface area contributed by atoms with Crippen molar-refractivity contribution in [3.63, 3.8) is 0 Å². The highest BCUT2D eigenvalue weighted by atomic mass is 35.5. The van der Waals surface area contributed by atoms with Gasteiger partial charge in [-0.2, -0.15) is 0 Å². The van der Waals surface area contributed by atoms with E-state index < -0.39 is 0 Å². The van der Waals surface area contributed by atoms with Gasteiger partial charge in [0.15, 0.2) is 5.82 Å². The van der Waals surface area contributed by atoms with Crippen molar-refractivity contribution in [1.29, 1.82) is 0 Å². The van der Waals surface area contributed by atoms with Gasteiger partial charge in [0.05, 0.1) is 37.6 Å². The number of halogens is 1. The molecule has 2 aromatic heterocycles. The summed E-state index contributed by atoms with van der Waals surface area (Å²) in [5, 5.41) is 4.47. The Labute approximate surface area is 174 Å². The summed E-state index contributed by atoms with van der Waals surface area (Å²) >= 11 is 6.68. The first-order valence-electron chi connectivity index (χ1n) is 9.13. The van der Waals surface area contributed by atoms with Crippen LogP contribution in [0.4, 0.5) is 11.6 Å². The molecule has 0 saturated heterocycles. The SMILES string of the molecule is CCc1c(OC)cc(OC)c(Cl)c1-c1nc(NCCOC)c2cc(N)ncc2n1. The highest BCUT2D eigenvalue weighted by Gasteiger charge is 2.22. The Balaban J connectivity index is 2.28. The standard InChI is InChI=1S/C20H24ClN5O3/c1-5-11-14(28-3)9-15(29-4)18(21)17(11)20-25-13-10-24-16(22)8-12(13)19(26-20)23-6-7-27-2/h8-10H,5-7H2,1-4H3,(H2,22,24)(H,23,25,26). The fourth-order valence-electron chi connectivity index (χ4n) is 3.13. The lowest BCUT2D eigenvalue weighted by molar-refractivity contribution is 0.210. The molecule has 8 nitrogen and oxygen atoms in total. The highest BCUT2D eigenvalue weighted by molar-refractivity contribution is 6.35. The van der Waals surface area contributed by atoms with Gasteiger partial charge in [0, 0.05) is 36.2 Å². The maximum Gasteiger partial charge on any atom is 0.164 e. The number of hydrogen-bond donors (Lipinski definition) is 2. The molecule has 1 aromatic carbocycles. The number of pyridine rings is 1. The van der Waals surface area contributed by atoms with E-state index in [1.807, 2.05) is 6.92 Å². The second-order valence-corrected chi connectivity index (χ2v) is 6.62. The van der Waals surface area contributed by atoms with E-state index in [1.54, 1.807) is 39.7 Å². The lowest BCUT2D eigenvalue weighted by Gasteiger charge is -2.18. The lowest BCUT2D eigenvalue weighted by atomic mass is 10.0. The smallest absolute Gasteiger partial charge is 0.164 e. The normalized spacial score (nSPS) is 10.9. The molecule has 3 aromatic rings. The summed E-state index contributed by atoms with van der Waals surface area (Å²) in [5.41, 5.74) is 8.07. The van der Waals surface area contributed by atoms with Crippen molar-refractivity contribution in [3.05, 3.63) is 28.9 Å². The zero-order valence-electron chi connectivity index (χ0n) is 16.9. The van der Waals surface area contributed by atoms with Crippen molar-refractivity contribution in [2.24, 2.45) is 0 Å². The lowest BCUT2D eigenvalue weighted by Crippen LogP contribution is -2.11. The van der Waals surface area contributed by atoms with Crippen molar-refractivity contribution in [2.45, 2.75) is 13.3 Å². The quantitative estimate of drug-likeness (QED) is 0.536. The molecule has 0 amide bonds. The molecule has 0 aliphatic heterocycles. The molecule has 3 rings (SSSR count). The summed E-state index contributed by atoms with van der Waals surface area (Å²) in [6.45, 7) is 3.11. The van der Waals surface area contributed by atoms with Gasteiger partial charge in [-0.1, -0.05) is 18.5 Å². The van der Waals surface area contributed by atoms with Gasteiger partial charge in [-0.15, -0.1) is 0 Å². The third-order valence-corrected chi connectivity index (χ3v) is 4.89. The average Bonchev–Trinajstić information content (AvgIpc) is 2.73. The van der Waals surface area contributed by atoms with Crippen molar-refractivity contribution >= 4 is 34.1 Å². The van der Waals surface area contributed by atoms with Crippen LogP contribution in [0.2, 0.25) is 5.02 Å². The minimum Gasteiger partial charge on any atom is -0.496 e. The number of methoxy groups -OCH3 is 3. The Kier molecular flexibility index (Phi) is 6.56. The fourth-order valence-corrected chi connectivity index (χ4v) is 3.46. The first-order chi connectivity index (χ1) is 14.0. The Hall–Kier alpha value is -2.84. The predicted molar refractivity (Wildman–Crippen MR) is 115 cm³/mol. The van der Waals surface area contributed by atoms with Gasteiger partial charge in [-0.3, -0.25) is 0 Å². The van der Waals surface area contributed by atoms with Crippen LogP contribution in [0.3, 0.4) is 0 Å². The van der Waals surface area contributed by atoms with Crippen LogP contribution in [0.1, 0.15) is 12.5 Å². The first kappa shape index (κ1) is 20.9. The minimum atomic E-state index is 0.388. The van der Waals surface area contributed by atoms with Crippen LogP contribution in [0.5, 0.6) is 11.5 Å². The topological polar surface area (TPSA) is 104 Å². The van der Waals surface area contributed by atoms with Crippen molar-refractivity contribution in [3.8, 4) is 22.9 Å². The summed E-state index contributed by atoms with van der Waals surface area (Å²) in [7, 11) is 4.81. The fraction of sp³-hybridized carbons (Fsp3) is 0.350. The van der Waals surface area contributed by atoms with E-state index in [9.17, 15) is 0 Å². The largest absolute Gasteiger partial charge is 0.496 e. The van der Waals surface area contributed by atoms with Gasteiger partial charge in [-0.05, 0) is 12.5 Å². The number of aromatic nitrogens is 3. The number of nitrogens with one attached hydrogen (secondary N) is 1. The molecule has 2 heterocycles. The maximum absolute atomic E-state index is 6.68. The van der Waals surface area contributed by atoms with Gasteiger partial charge in [0.2, 0.25) is 0 Å². The van der Waals surface area contributed by atoms with Gasteiger partial charge in [-0.25, -0.2) is 15.0 Å². The van der Waals surface area contributed by atoms with E-state index in [2.05, 4.69) is 10.3 Å². The summed E-state index contributed by atoms with van der Waals surface area (Å²) in [6.07, 6.45) is 2.30. The maximum atomic E-state index is 6.68. The Bertz CT molecular complexity index is 1030. The Morgan fingerprint density at radius 2 is 1.86 bits per heavy atom. The number of nitrogen functional groups attached to an aromatic ring is 1. The number of nitrogens with zero attached hydrogens (tertiary/aromatic N) is 3. The molecule has 29 heavy (non-hydrogen) atoms. The average molecular weight is 418 g/mol. The summed E-state index contributed by atoms with van der Waals surface area (Å²) < 4.78 is 16.1. The molecule has 0 bridgehead atoms. The van der Waals surface area contributed by atoms with Gasteiger partial charge in [0.25, 0.3) is 0 Å². The van der Waals surface area contributed by atoms with Crippen molar-refractivity contribution in [1.82, 2.24) is 15.0 Å². The van der Waals surface area contributed by atoms with E-state index in [0.717, 1.165) is 10.9 Å². The van der Waals surface area contributed by atoms with Gasteiger partial charge >= 0.3 is 0 Å². The molecule has 0 spiro atoms. The van der Waals surface area contributed by atoms with Crippen LogP contribution in [0, 0.1) is 0 Å². The molecule has 154 valence electrons. The number of anilines is 2. The second-order valence-electron chi connectivity index (χ2n) is 6.24. The molecule has 0 unspecified atom stereocenters. The summed E-state index contributed by atoms with van der Waals surface area (Å²) in [6, 6.07) is 3.51. The monoisotopic (exact) mass is 417 g/mol. The summed E-state index contributed by atoms with van der Waals surface area (Å²) in [4.78, 5) is 13.6. The number of benzene rings is 1. The number of rotatable bonds is 8. The minimum absolute atomic E-state index is 0.388. The Morgan fingerprint density at radius 3 is 2.52 bits per heavy atom.